The van der Waals surface area contributed by atoms with Crippen molar-refractivity contribution in [1.82, 2.24) is 0 Å². The van der Waals surface area contributed by atoms with Crippen molar-refractivity contribution >= 4 is 5.78 Å². The molecule has 0 N–H and O–H groups in total. The molecule has 0 unspecified atom stereocenters. The molecule has 0 spiro atoms. The highest BCUT2D eigenvalue weighted by Gasteiger charge is 2.74. The maximum atomic E-state index is 12.5. The summed E-state index contributed by atoms with van der Waals surface area (Å²) < 4.78 is 0. The van der Waals surface area contributed by atoms with E-state index in [2.05, 4.69) is 62.4 Å². The standard InChI is InChI=1S/C19H16O/c1-18-11-7-3-5-9-13(11)19(2,16-15(18)17(16)20)14-10-6-4-8-12(14)18/h3-10,15-16H,1-2H3/t15-,16+,18?,19?. The Morgan fingerprint density at radius 1 is 0.700 bits per heavy atom. The molecule has 2 aromatic carbocycles. The minimum Gasteiger partial charge on any atom is -0.299 e. The number of carbonyl (C=O) groups is 1. The van der Waals surface area contributed by atoms with Gasteiger partial charge in [-0.1, -0.05) is 62.4 Å². The van der Waals surface area contributed by atoms with Gasteiger partial charge in [-0.15, -0.1) is 0 Å². The predicted molar refractivity (Wildman–Crippen MR) is 77.8 cm³/mol. The second kappa shape index (κ2) is 2.90. The highest BCUT2D eigenvalue weighted by molar-refractivity contribution is 6.06. The van der Waals surface area contributed by atoms with E-state index in [-0.39, 0.29) is 22.7 Å². The zero-order valence-electron chi connectivity index (χ0n) is 11.7. The topological polar surface area (TPSA) is 17.1 Å². The van der Waals surface area contributed by atoms with E-state index in [9.17, 15) is 4.79 Å². The summed E-state index contributed by atoms with van der Waals surface area (Å²) in [6.45, 7) is 4.54. The number of hydrogen-bond acceptors (Lipinski definition) is 1. The van der Waals surface area contributed by atoms with Gasteiger partial charge in [0.1, 0.15) is 5.78 Å². The molecule has 4 aliphatic carbocycles. The molecule has 1 heteroatoms. The van der Waals surface area contributed by atoms with Crippen LogP contribution >= 0.6 is 0 Å². The van der Waals surface area contributed by atoms with Crippen LogP contribution in [0.4, 0.5) is 0 Å². The van der Waals surface area contributed by atoms with Gasteiger partial charge in [-0.3, -0.25) is 4.79 Å². The lowest BCUT2D eigenvalue weighted by atomic mass is 9.50. The number of benzene rings is 2. The van der Waals surface area contributed by atoms with Crippen LogP contribution in [0, 0.1) is 11.8 Å². The average molecular weight is 260 g/mol. The summed E-state index contributed by atoms with van der Waals surface area (Å²) in [5.41, 5.74) is 5.24. The molecule has 0 amide bonds. The van der Waals surface area contributed by atoms with Gasteiger partial charge in [0.05, 0.1) is 0 Å². The van der Waals surface area contributed by atoms with Gasteiger partial charge in [0.2, 0.25) is 0 Å². The van der Waals surface area contributed by atoms with E-state index in [1.54, 1.807) is 0 Å². The Morgan fingerprint density at radius 3 is 1.30 bits per heavy atom. The Bertz CT molecular complexity index is 674. The van der Waals surface area contributed by atoms with Crippen LogP contribution in [0.5, 0.6) is 0 Å². The van der Waals surface area contributed by atoms with Crippen molar-refractivity contribution < 1.29 is 4.79 Å². The molecular formula is C19H16O. The molecule has 2 atom stereocenters. The van der Waals surface area contributed by atoms with E-state index in [1.807, 2.05) is 0 Å². The van der Waals surface area contributed by atoms with Crippen LogP contribution in [0.3, 0.4) is 0 Å². The highest BCUT2D eigenvalue weighted by atomic mass is 16.1. The van der Waals surface area contributed by atoms with Crippen molar-refractivity contribution in [2.24, 2.45) is 11.8 Å². The minimum atomic E-state index is -0.118. The molecule has 4 aliphatic rings. The molecule has 0 heterocycles. The first-order valence-electron chi connectivity index (χ1n) is 7.35. The fraction of sp³-hybridized carbons (Fsp3) is 0.316. The van der Waals surface area contributed by atoms with Crippen LogP contribution in [-0.4, -0.2) is 5.78 Å². The van der Waals surface area contributed by atoms with Crippen LogP contribution in [0.2, 0.25) is 0 Å². The largest absolute Gasteiger partial charge is 0.299 e. The zero-order valence-corrected chi connectivity index (χ0v) is 11.7. The smallest absolute Gasteiger partial charge is 0.143 e. The highest BCUT2D eigenvalue weighted by Crippen LogP contribution is 2.71. The monoisotopic (exact) mass is 260 g/mol. The number of ketones is 1. The van der Waals surface area contributed by atoms with E-state index < -0.39 is 0 Å². The van der Waals surface area contributed by atoms with Crippen molar-refractivity contribution in [3.8, 4) is 0 Å². The van der Waals surface area contributed by atoms with Gasteiger partial charge in [-0.25, -0.2) is 0 Å². The van der Waals surface area contributed by atoms with Gasteiger partial charge in [-0.2, -0.15) is 0 Å². The van der Waals surface area contributed by atoms with Gasteiger partial charge >= 0.3 is 0 Å². The molecule has 0 radical (unpaired) electrons. The molecule has 1 nitrogen and oxygen atoms in total. The first-order chi connectivity index (χ1) is 9.61. The van der Waals surface area contributed by atoms with Gasteiger partial charge < -0.3 is 0 Å². The predicted octanol–water partition coefficient (Wildman–Crippen LogP) is 3.44. The lowest BCUT2D eigenvalue weighted by molar-refractivity contribution is -0.112. The van der Waals surface area contributed by atoms with E-state index in [0.29, 0.717) is 5.78 Å². The lowest BCUT2D eigenvalue weighted by Crippen LogP contribution is -2.48. The molecule has 0 saturated heterocycles. The summed E-state index contributed by atoms with van der Waals surface area (Å²) in [5.74, 6) is 0.844. The normalized spacial score (nSPS) is 39.0. The fourth-order valence-corrected chi connectivity index (χ4v) is 5.21. The summed E-state index contributed by atoms with van der Waals surface area (Å²) in [6, 6.07) is 17.3. The van der Waals surface area contributed by atoms with Gasteiger partial charge in [0.25, 0.3) is 0 Å². The first-order valence-corrected chi connectivity index (χ1v) is 7.35. The van der Waals surface area contributed by atoms with Crippen LogP contribution in [0.15, 0.2) is 48.5 Å². The summed E-state index contributed by atoms with van der Waals surface area (Å²) in [4.78, 5) is 12.5. The summed E-state index contributed by atoms with van der Waals surface area (Å²) >= 11 is 0. The van der Waals surface area contributed by atoms with Crippen LogP contribution < -0.4 is 0 Å². The second-order valence-electron chi connectivity index (χ2n) is 6.85. The average Bonchev–Trinajstić information content (AvgIpc) is 3.18. The van der Waals surface area contributed by atoms with Crippen LogP contribution in [-0.2, 0) is 15.6 Å². The van der Waals surface area contributed by atoms with Crippen LogP contribution in [0.25, 0.3) is 0 Å². The molecule has 1 fully saturated rings. The molecule has 2 bridgehead atoms. The summed E-state index contributed by atoms with van der Waals surface area (Å²) in [5, 5.41) is 0. The molecule has 0 aliphatic heterocycles. The third-order valence-electron chi connectivity index (χ3n) is 6.17. The molecule has 1 saturated carbocycles. The molecule has 98 valence electrons. The number of carbonyl (C=O) groups excluding carboxylic acids is 1. The first kappa shape index (κ1) is 10.8. The SMILES string of the molecule is CC12c3ccccc3C(C)(c3ccccc31)[C@H]1C(=O)[C@H]12. The Morgan fingerprint density at radius 2 is 1.00 bits per heavy atom. The van der Waals surface area contributed by atoms with E-state index in [1.165, 1.54) is 22.3 Å². The van der Waals surface area contributed by atoms with Gasteiger partial charge in [-0.05, 0) is 22.3 Å². The van der Waals surface area contributed by atoms with Crippen molar-refractivity contribution in [3.63, 3.8) is 0 Å². The van der Waals surface area contributed by atoms with Gasteiger partial charge in [0.15, 0.2) is 0 Å². The second-order valence-corrected chi connectivity index (χ2v) is 6.85. The summed E-state index contributed by atoms with van der Waals surface area (Å²) in [6.07, 6.45) is 0. The third-order valence-corrected chi connectivity index (χ3v) is 6.17. The fourth-order valence-electron chi connectivity index (χ4n) is 5.21. The van der Waals surface area contributed by atoms with Crippen LogP contribution in [0.1, 0.15) is 36.1 Å². The van der Waals surface area contributed by atoms with E-state index in [4.69, 9.17) is 0 Å². The Kier molecular flexibility index (Phi) is 1.57. The van der Waals surface area contributed by atoms with Crippen molar-refractivity contribution in [2.75, 3.05) is 0 Å². The molecule has 20 heavy (non-hydrogen) atoms. The Hall–Kier alpha value is -1.89. The molecule has 0 aromatic heterocycles. The molecule has 6 rings (SSSR count). The molecular weight excluding hydrogens is 244 g/mol. The maximum absolute atomic E-state index is 12.5. The van der Waals surface area contributed by atoms with Gasteiger partial charge in [0, 0.05) is 22.7 Å². The quantitative estimate of drug-likeness (QED) is 0.709. The number of hydrogen-bond donors (Lipinski definition) is 0. The maximum Gasteiger partial charge on any atom is 0.143 e. The van der Waals surface area contributed by atoms with Crippen molar-refractivity contribution in [1.29, 1.82) is 0 Å². The van der Waals surface area contributed by atoms with Crippen molar-refractivity contribution in [3.05, 3.63) is 70.8 Å². The number of rotatable bonds is 0. The third kappa shape index (κ3) is 0.842. The minimum absolute atomic E-state index is 0.118. The summed E-state index contributed by atoms with van der Waals surface area (Å²) in [7, 11) is 0. The Balaban J connectivity index is 2.00. The van der Waals surface area contributed by atoms with Crippen molar-refractivity contribution in [2.45, 2.75) is 24.7 Å². The van der Waals surface area contributed by atoms with E-state index in [0.717, 1.165) is 0 Å². The molecule has 2 aromatic rings. The van der Waals surface area contributed by atoms with E-state index >= 15 is 0 Å². The lowest BCUT2D eigenvalue weighted by Gasteiger charge is -2.51. The number of Topliss-reactive ketones (excluding diaryl/α,β-unsaturated/α-hetero) is 1. The Labute approximate surface area is 118 Å². The zero-order chi connectivity index (χ0) is 13.7.